The number of carbonyl (C=O) groups excluding carboxylic acids is 1. The Bertz CT molecular complexity index is 1520. The van der Waals surface area contributed by atoms with E-state index in [0.29, 0.717) is 19.3 Å². The molecule has 1 saturated heterocycles. The fraction of sp³-hybridized carbons (Fsp3) is 0.649. The predicted octanol–water partition coefficient (Wildman–Crippen LogP) is -2.41. The molecule has 12 N–H and O–H groups in total. The van der Waals surface area contributed by atoms with Gasteiger partial charge in [-0.1, -0.05) is 24.6 Å². The molecule has 0 unspecified atom stereocenters. The highest BCUT2D eigenvalue weighted by atomic mass is 16.8. The Morgan fingerprint density at radius 1 is 1.16 bits per heavy atom. The van der Waals surface area contributed by atoms with E-state index in [1.807, 2.05) is 0 Å². The van der Waals surface area contributed by atoms with Crippen molar-refractivity contribution in [2.24, 2.45) is 22.6 Å². The second-order valence-electron chi connectivity index (χ2n) is 14.0. The smallest absolute Gasteiger partial charge is 0.338 e. The number of aliphatic hydroxyl groups is 7. The molecule has 0 radical (unpaired) electrons. The average molecular weight is 812 g/mol. The van der Waals surface area contributed by atoms with Crippen LogP contribution < -0.4 is 16.4 Å². The Morgan fingerprint density at radius 3 is 2.51 bits per heavy atom. The number of hydrogen-bond acceptors (Lipinski definition) is 17. The first-order valence-electron chi connectivity index (χ1n) is 18.9. The van der Waals surface area contributed by atoms with Crippen molar-refractivity contribution < 1.29 is 74.1 Å². The fourth-order valence-corrected chi connectivity index (χ4v) is 6.90. The molecule has 3 aliphatic heterocycles. The van der Waals surface area contributed by atoms with Crippen LogP contribution in [0.15, 0.2) is 64.7 Å². The SMILES string of the molecule is C=C[C@H]1[C@H](O[C@@H]2O[C@H](CO)[C@@H](O)C(O)(O)[C@H]2O[C@H](CO)NC)OC=C(C(=O)OC2CCCCC2)[C@H]1/C=C/C1=CN(CCO)CC(C(=O)O)=C1NC(N)=NCCCO. The largest absolute Gasteiger partial charge is 0.478 e. The first kappa shape index (κ1) is 45.8. The number of aliphatic imine (C=N–C) groups is 1. The number of carboxylic acids is 1. The van der Waals surface area contributed by atoms with Crippen molar-refractivity contribution in [3.8, 4) is 0 Å². The third kappa shape index (κ3) is 11.6. The highest BCUT2D eigenvalue weighted by Crippen LogP contribution is 2.39. The van der Waals surface area contributed by atoms with Gasteiger partial charge in [0.25, 0.3) is 0 Å². The molecule has 0 aromatic heterocycles. The molecule has 2 fully saturated rings. The fourth-order valence-electron chi connectivity index (χ4n) is 6.90. The lowest BCUT2D eigenvalue weighted by Gasteiger charge is -2.48. The Balaban J connectivity index is 1.77. The summed E-state index contributed by atoms with van der Waals surface area (Å²) in [5.74, 6) is -7.09. The molecule has 0 spiro atoms. The zero-order chi connectivity index (χ0) is 41.7. The van der Waals surface area contributed by atoms with Crippen LogP contribution in [0.25, 0.3) is 0 Å². The molecule has 0 aromatic rings. The maximum Gasteiger partial charge on any atom is 0.338 e. The minimum Gasteiger partial charge on any atom is -0.478 e. The summed E-state index contributed by atoms with van der Waals surface area (Å²) in [5.41, 5.74) is 6.41. The first-order chi connectivity index (χ1) is 27.3. The van der Waals surface area contributed by atoms with E-state index in [-0.39, 0.29) is 67.3 Å². The maximum atomic E-state index is 13.9. The van der Waals surface area contributed by atoms with E-state index >= 15 is 0 Å². The van der Waals surface area contributed by atoms with Crippen LogP contribution in [-0.2, 0) is 33.3 Å². The van der Waals surface area contributed by atoms with E-state index in [1.54, 1.807) is 17.2 Å². The van der Waals surface area contributed by atoms with Crippen molar-refractivity contribution in [3.63, 3.8) is 0 Å². The monoisotopic (exact) mass is 811 g/mol. The number of nitrogens with one attached hydrogen (secondary N) is 2. The van der Waals surface area contributed by atoms with Crippen LogP contribution in [-0.4, -0.2) is 166 Å². The number of β-amino-alcohol motifs (C(OH)–C–C–N with tert-alkyl or cyclic N) is 1. The summed E-state index contributed by atoms with van der Waals surface area (Å²) in [6, 6.07) is 0. The van der Waals surface area contributed by atoms with E-state index in [9.17, 15) is 45.3 Å². The van der Waals surface area contributed by atoms with Crippen molar-refractivity contribution in [3.05, 3.63) is 59.7 Å². The number of rotatable bonds is 19. The van der Waals surface area contributed by atoms with Crippen LogP contribution >= 0.6 is 0 Å². The van der Waals surface area contributed by atoms with Gasteiger partial charge < -0.3 is 80.5 Å². The second kappa shape index (κ2) is 21.7. The molecule has 1 saturated carbocycles. The molecular formula is C37H57N5O15. The van der Waals surface area contributed by atoms with Crippen LogP contribution in [0.2, 0.25) is 0 Å². The van der Waals surface area contributed by atoms with Gasteiger partial charge in [0.05, 0.1) is 55.4 Å². The molecule has 0 bridgehead atoms. The van der Waals surface area contributed by atoms with Crippen LogP contribution in [0.4, 0.5) is 0 Å². The molecule has 3 heterocycles. The van der Waals surface area contributed by atoms with Crippen molar-refractivity contribution in [1.29, 1.82) is 0 Å². The van der Waals surface area contributed by atoms with Crippen LogP contribution in [0.5, 0.6) is 0 Å². The lowest BCUT2D eigenvalue weighted by molar-refractivity contribution is -0.416. The van der Waals surface area contributed by atoms with Gasteiger partial charge in [-0.05, 0) is 39.2 Å². The zero-order valence-corrected chi connectivity index (χ0v) is 31.9. The van der Waals surface area contributed by atoms with E-state index in [4.69, 9.17) is 34.5 Å². The molecule has 4 rings (SSSR count). The van der Waals surface area contributed by atoms with Gasteiger partial charge >= 0.3 is 11.9 Å². The normalized spacial score (nSPS) is 29.0. The van der Waals surface area contributed by atoms with Gasteiger partial charge in [-0.2, -0.15) is 0 Å². The Labute approximate surface area is 330 Å². The highest BCUT2D eigenvalue weighted by molar-refractivity contribution is 5.92. The second-order valence-corrected chi connectivity index (χ2v) is 14.0. The summed E-state index contributed by atoms with van der Waals surface area (Å²) < 4.78 is 29.4. The van der Waals surface area contributed by atoms with Crippen LogP contribution in [0.1, 0.15) is 38.5 Å². The summed E-state index contributed by atoms with van der Waals surface area (Å²) in [7, 11) is 1.43. The molecule has 1 aliphatic carbocycles. The molecule has 4 aliphatic rings. The summed E-state index contributed by atoms with van der Waals surface area (Å²) in [5, 5.41) is 87.0. The average Bonchev–Trinajstić information content (AvgIpc) is 3.19. The van der Waals surface area contributed by atoms with E-state index in [2.05, 4.69) is 22.2 Å². The molecule has 0 aromatic carbocycles. The van der Waals surface area contributed by atoms with Crippen molar-refractivity contribution in [2.45, 2.75) is 87.5 Å². The number of ether oxygens (including phenoxy) is 5. The zero-order valence-electron chi connectivity index (χ0n) is 31.9. The summed E-state index contributed by atoms with van der Waals surface area (Å²) in [6.45, 7) is 2.18. The number of aliphatic carboxylic acids is 1. The third-order valence-corrected chi connectivity index (χ3v) is 10.0. The number of nitrogens with two attached hydrogens (primary N) is 1. The van der Waals surface area contributed by atoms with Crippen molar-refractivity contribution in [1.82, 2.24) is 15.5 Å². The number of allylic oxidation sites excluding steroid dienone is 2. The van der Waals surface area contributed by atoms with Gasteiger partial charge in [-0.15, -0.1) is 6.58 Å². The number of nitrogens with zero attached hydrogens (tertiary/aromatic N) is 2. The van der Waals surface area contributed by atoms with E-state index in [0.717, 1.165) is 25.5 Å². The molecule has 8 atom stereocenters. The molecule has 320 valence electrons. The lowest BCUT2D eigenvalue weighted by Crippen LogP contribution is -2.69. The molecule has 57 heavy (non-hydrogen) atoms. The minimum atomic E-state index is -3.07. The number of carbonyl (C=O) groups is 2. The maximum absolute atomic E-state index is 13.9. The van der Waals surface area contributed by atoms with Gasteiger partial charge in [0.1, 0.15) is 24.5 Å². The summed E-state index contributed by atoms with van der Waals surface area (Å²) in [4.78, 5) is 32.1. The lowest BCUT2D eigenvalue weighted by atomic mass is 9.83. The quantitative estimate of drug-likeness (QED) is 0.0162. The predicted molar refractivity (Wildman–Crippen MR) is 200 cm³/mol. The number of guanidine groups is 1. The number of carboxylic acid groups (broad SMARTS) is 1. The highest BCUT2D eigenvalue weighted by Gasteiger charge is 2.58. The van der Waals surface area contributed by atoms with E-state index in [1.165, 1.54) is 19.2 Å². The topological polar surface area (TPSA) is 308 Å². The Hall–Kier alpha value is -3.93. The molecular weight excluding hydrogens is 754 g/mol. The van der Waals surface area contributed by atoms with Gasteiger partial charge in [0, 0.05) is 37.4 Å². The van der Waals surface area contributed by atoms with Gasteiger partial charge in [0.2, 0.25) is 12.1 Å². The number of aliphatic hydroxyl groups excluding tert-OH is 5. The third-order valence-electron chi connectivity index (χ3n) is 10.0. The molecule has 0 amide bonds. The number of likely N-dealkylation sites (N-methyl/N-ethyl adjacent to an activating group) is 1. The Morgan fingerprint density at radius 2 is 1.89 bits per heavy atom. The van der Waals surface area contributed by atoms with E-state index < -0.39 is 79.9 Å². The first-order valence-corrected chi connectivity index (χ1v) is 18.9. The van der Waals surface area contributed by atoms with Gasteiger partial charge in [-0.25, -0.2) is 9.59 Å². The van der Waals surface area contributed by atoms with Crippen molar-refractivity contribution in [2.75, 3.05) is 53.1 Å². The van der Waals surface area contributed by atoms with Crippen LogP contribution in [0.3, 0.4) is 0 Å². The molecule has 20 nitrogen and oxygen atoms in total. The van der Waals surface area contributed by atoms with Gasteiger partial charge in [-0.3, -0.25) is 10.3 Å². The van der Waals surface area contributed by atoms with Crippen LogP contribution in [0, 0.1) is 11.8 Å². The van der Waals surface area contributed by atoms with Gasteiger partial charge in [0.15, 0.2) is 18.4 Å². The number of esters is 1. The Kier molecular flexibility index (Phi) is 17.4. The summed E-state index contributed by atoms with van der Waals surface area (Å²) in [6.07, 6.45) is 1.49. The molecule has 20 heteroatoms. The number of hydrogen-bond donors (Lipinski definition) is 11. The minimum absolute atomic E-state index is 0.0439. The van der Waals surface area contributed by atoms with Crippen molar-refractivity contribution >= 4 is 17.9 Å². The standard InChI is InChI=1S/C37H57N5O15/c1-3-23-24(11-10-21-16-42(13-15-44)17-25(32(48)49)29(21)41-36(38)40-12-7-14-43)26(33(50)54-22-8-5-4-6-9-22)20-53-34(23)57-35-31(56-28(19-46)39-2)37(51,52)30(47)27(18-45)55-35/h3,10-11,16,20,22-24,27-28,30-31,34-35,39,43-47,51-52H,1,4-9,12-15,17-19H2,2H3,(H,48,49)(H3,38,40,41)/b11-10+/t23-,24+,27-,28-,30-,31+,34+,35+/m1/s1. The summed E-state index contributed by atoms with van der Waals surface area (Å²) >= 11 is 0.